The van der Waals surface area contributed by atoms with E-state index in [2.05, 4.69) is 15.7 Å². The Kier molecular flexibility index (Phi) is 5.58. The summed E-state index contributed by atoms with van der Waals surface area (Å²) in [6, 6.07) is 15.0. The summed E-state index contributed by atoms with van der Waals surface area (Å²) in [5.41, 5.74) is 1.51. The van der Waals surface area contributed by atoms with Crippen LogP contribution < -0.4 is 15.4 Å². The van der Waals surface area contributed by atoms with Crippen molar-refractivity contribution in [3.63, 3.8) is 0 Å². The average molecular weight is 430 g/mol. The normalized spacial score (nSPS) is 18.1. The number of fused-ring (bicyclic) bond motifs is 1. The molecule has 3 aromatic rings. The maximum atomic E-state index is 13.8. The molecular formula is C22H21F3N4O2. The Bertz CT molecular complexity index is 1050. The molecule has 0 radical (unpaired) electrons. The van der Waals surface area contributed by atoms with Gasteiger partial charge in [0.2, 0.25) is 0 Å². The summed E-state index contributed by atoms with van der Waals surface area (Å²) in [6.07, 6.45) is -4.75. The Labute approximate surface area is 177 Å². The number of anilines is 1. The van der Waals surface area contributed by atoms with E-state index in [1.54, 1.807) is 24.3 Å². The van der Waals surface area contributed by atoms with Gasteiger partial charge in [0.15, 0.2) is 11.7 Å². The van der Waals surface area contributed by atoms with E-state index in [9.17, 15) is 18.0 Å². The molecule has 31 heavy (non-hydrogen) atoms. The van der Waals surface area contributed by atoms with Crippen molar-refractivity contribution in [2.75, 3.05) is 12.4 Å². The van der Waals surface area contributed by atoms with Crippen molar-refractivity contribution in [2.45, 2.75) is 31.2 Å². The second-order valence-corrected chi connectivity index (χ2v) is 7.29. The first kappa shape index (κ1) is 20.8. The van der Waals surface area contributed by atoms with Gasteiger partial charge in [-0.2, -0.15) is 18.3 Å². The summed E-state index contributed by atoms with van der Waals surface area (Å²) in [6.45, 7) is 0.256. The fraction of sp³-hybridized carbons (Fsp3) is 0.273. The number of nitrogens with zero attached hydrogens (tertiary/aromatic N) is 2. The largest absolute Gasteiger partial charge is 0.497 e. The van der Waals surface area contributed by atoms with E-state index in [0.29, 0.717) is 11.3 Å². The first-order chi connectivity index (χ1) is 14.8. The van der Waals surface area contributed by atoms with Gasteiger partial charge in [0.25, 0.3) is 5.91 Å². The molecule has 0 saturated carbocycles. The molecule has 0 unspecified atom stereocenters. The molecule has 4 rings (SSSR count). The summed E-state index contributed by atoms with van der Waals surface area (Å²) in [4.78, 5) is 12.5. The molecule has 2 heterocycles. The lowest BCUT2D eigenvalue weighted by Gasteiger charge is -2.33. The van der Waals surface area contributed by atoms with Gasteiger partial charge in [-0.3, -0.25) is 4.79 Å². The number of ether oxygens (including phenoxy) is 1. The summed E-state index contributed by atoms with van der Waals surface area (Å²) in [7, 11) is 1.52. The van der Waals surface area contributed by atoms with Gasteiger partial charge in [-0.05, 0) is 23.3 Å². The van der Waals surface area contributed by atoms with E-state index in [4.69, 9.17) is 4.74 Å². The molecule has 2 aromatic carbocycles. The van der Waals surface area contributed by atoms with Crippen molar-refractivity contribution in [3.8, 4) is 5.75 Å². The summed E-state index contributed by atoms with van der Waals surface area (Å²) < 4.78 is 47.4. The maximum absolute atomic E-state index is 13.8. The van der Waals surface area contributed by atoms with Crippen LogP contribution in [0.2, 0.25) is 0 Å². The summed E-state index contributed by atoms with van der Waals surface area (Å²) in [5.74, 6) is 0.239. The van der Waals surface area contributed by atoms with Gasteiger partial charge >= 0.3 is 6.18 Å². The highest BCUT2D eigenvalue weighted by Gasteiger charge is 2.46. The minimum absolute atomic E-state index is 0.0666. The molecule has 1 aliphatic heterocycles. The van der Waals surface area contributed by atoms with Crippen LogP contribution in [-0.2, 0) is 6.54 Å². The molecule has 0 saturated heterocycles. The number of carbonyl (C=O) groups is 1. The van der Waals surface area contributed by atoms with Crippen LogP contribution in [0.4, 0.5) is 19.0 Å². The van der Waals surface area contributed by atoms with Gasteiger partial charge in [-0.1, -0.05) is 42.5 Å². The van der Waals surface area contributed by atoms with E-state index >= 15 is 0 Å². The number of amides is 1. The van der Waals surface area contributed by atoms with Crippen molar-refractivity contribution in [1.29, 1.82) is 0 Å². The third-order valence-electron chi connectivity index (χ3n) is 5.24. The zero-order valence-corrected chi connectivity index (χ0v) is 16.7. The minimum Gasteiger partial charge on any atom is -0.497 e. The number of halogens is 3. The molecule has 9 heteroatoms. The zero-order valence-electron chi connectivity index (χ0n) is 16.7. The van der Waals surface area contributed by atoms with Crippen LogP contribution in [0.1, 0.15) is 40.1 Å². The third-order valence-corrected chi connectivity index (χ3v) is 5.24. The Morgan fingerprint density at radius 2 is 1.90 bits per heavy atom. The topological polar surface area (TPSA) is 68.2 Å². The zero-order chi connectivity index (χ0) is 22.0. The number of hydrogen-bond acceptors (Lipinski definition) is 4. The summed E-state index contributed by atoms with van der Waals surface area (Å²) >= 11 is 0. The average Bonchev–Trinajstić information content (AvgIpc) is 3.21. The highest BCUT2D eigenvalue weighted by Crippen LogP contribution is 2.43. The Hall–Kier alpha value is -3.49. The second kappa shape index (κ2) is 8.33. The highest BCUT2D eigenvalue weighted by molar-refractivity contribution is 5.93. The molecule has 1 amide bonds. The van der Waals surface area contributed by atoms with E-state index in [1.165, 1.54) is 13.2 Å². The van der Waals surface area contributed by atoms with Crippen LogP contribution in [0, 0.1) is 0 Å². The van der Waals surface area contributed by atoms with Crippen molar-refractivity contribution in [1.82, 2.24) is 15.1 Å². The Balaban J connectivity index is 1.57. The minimum atomic E-state index is -4.51. The van der Waals surface area contributed by atoms with Crippen molar-refractivity contribution >= 4 is 11.7 Å². The molecule has 1 aromatic heterocycles. The Morgan fingerprint density at radius 3 is 2.55 bits per heavy atom. The molecule has 2 atom stereocenters. The molecular weight excluding hydrogens is 409 g/mol. The Morgan fingerprint density at radius 1 is 1.19 bits per heavy atom. The molecule has 1 aliphatic rings. The fourth-order valence-electron chi connectivity index (χ4n) is 3.61. The lowest BCUT2D eigenvalue weighted by molar-refractivity contribution is -0.173. The molecule has 0 bridgehead atoms. The van der Waals surface area contributed by atoms with Crippen LogP contribution >= 0.6 is 0 Å². The summed E-state index contributed by atoms with van der Waals surface area (Å²) in [5, 5.41) is 9.75. The van der Waals surface area contributed by atoms with Crippen molar-refractivity contribution < 1.29 is 22.7 Å². The predicted octanol–water partition coefficient (Wildman–Crippen LogP) is 4.48. The molecule has 6 nitrogen and oxygen atoms in total. The monoisotopic (exact) mass is 430 g/mol. The van der Waals surface area contributed by atoms with Crippen LogP contribution in [0.25, 0.3) is 0 Å². The molecule has 2 N–H and O–H groups in total. The number of alkyl halides is 3. The standard InChI is InChI=1S/C22H21F3N4O2/c1-31-16-9-7-15(8-10-16)17-11-19(22(23,24)25)29-20(27-17)12-18(28-29)21(30)26-13-14-5-3-2-4-6-14/h2-10,12,17,19,27H,11,13H2,1H3,(H,26,30)/t17-,19-/m0/s1. The quantitative estimate of drug-likeness (QED) is 0.626. The first-order valence-corrected chi connectivity index (χ1v) is 9.74. The molecule has 0 aliphatic carbocycles. The van der Waals surface area contributed by atoms with Crippen LogP contribution in [-0.4, -0.2) is 29.0 Å². The van der Waals surface area contributed by atoms with Gasteiger partial charge < -0.3 is 15.4 Å². The SMILES string of the molecule is COc1ccc([C@@H]2C[C@@H](C(F)(F)F)n3nc(C(=O)NCc4ccccc4)cc3N2)cc1. The molecule has 0 fully saturated rings. The molecule has 162 valence electrons. The van der Waals surface area contributed by atoms with E-state index in [0.717, 1.165) is 10.2 Å². The smallest absolute Gasteiger partial charge is 0.410 e. The third kappa shape index (κ3) is 4.50. The van der Waals surface area contributed by atoms with Gasteiger partial charge in [0.1, 0.15) is 11.6 Å². The van der Waals surface area contributed by atoms with E-state index < -0.39 is 24.2 Å². The highest BCUT2D eigenvalue weighted by atomic mass is 19.4. The maximum Gasteiger partial charge on any atom is 0.410 e. The van der Waals surface area contributed by atoms with E-state index in [-0.39, 0.29) is 24.5 Å². The number of carbonyl (C=O) groups excluding carboxylic acids is 1. The second-order valence-electron chi connectivity index (χ2n) is 7.29. The number of methoxy groups -OCH3 is 1. The van der Waals surface area contributed by atoms with Gasteiger partial charge in [-0.15, -0.1) is 0 Å². The van der Waals surface area contributed by atoms with Crippen LogP contribution in [0.3, 0.4) is 0 Å². The first-order valence-electron chi connectivity index (χ1n) is 9.74. The van der Waals surface area contributed by atoms with Crippen molar-refractivity contribution in [2.24, 2.45) is 0 Å². The number of aromatic nitrogens is 2. The molecule has 0 spiro atoms. The lowest BCUT2D eigenvalue weighted by atomic mass is 9.97. The number of rotatable bonds is 5. The predicted molar refractivity (Wildman–Crippen MR) is 109 cm³/mol. The fourth-order valence-corrected chi connectivity index (χ4v) is 3.61. The number of hydrogen-bond donors (Lipinski definition) is 2. The lowest BCUT2D eigenvalue weighted by Crippen LogP contribution is -2.35. The number of benzene rings is 2. The van der Waals surface area contributed by atoms with Crippen LogP contribution in [0.5, 0.6) is 5.75 Å². The van der Waals surface area contributed by atoms with Gasteiger partial charge in [0.05, 0.1) is 13.2 Å². The van der Waals surface area contributed by atoms with Gasteiger partial charge in [0, 0.05) is 19.0 Å². The van der Waals surface area contributed by atoms with Crippen molar-refractivity contribution in [3.05, 3.63) is 77.5 Å². The van der Waals surface area contributed by atoms with E-state index in [1.807, 2.05) is 30.3 Å². The number of nitrogens with one attached hydrogen (secondary N) is 2. The van der Waals surface area contributed by atoms with Crippen LogP contribution in [0.15, 0.2) is 60.7 Å². The van der Waals surface area contributed by atoms with Gasteiger partial charge in [-0.25, -0.2) is 4.68 Å².